The molecule has 4 nitrogen and oxygen atoms in total. The molecule has 0 spiro atoms. The number of anilines is 1. The van der Waals surface area contributed by atoms with Gasteiger partial charge in [-0.1, -0.05) is 60.2 Å². The quantitative estimate of drug-likeness (QED) is 0.860. The minimum atomic E-state index is -0.0654. The first-order valence-electron chi connectivity index (χ1n) is 8.88. The maximum atomic E-state index is 12.4. The largest absolute Gasteiger partial charge is 0.322 e. The van der Waals surface area contributed by atoms with Crippen molar-refractivity contribution in [2.24, 2.45) is 0 Å². The summed E-state index contributed by atoms with van der Waals surface area (Å²) in [5, 5.41) is 3.59. The average Bonchev–Trinajstić information content (AvgIpc) is 2.66. The molecule has 0 saturated carbocycles. The standard InChI is InChI=1S/C21H24ClN3O/c1-17-9-10-19(16-20(17)22)23-21(26)25-14-12-24(13-15-25)11-5-8-18-6-3-2-4-7-18/h2-10,16H,11-15H2,1H3,(H,23,26)/b8-5+. The lowest BCUT2D eigenvalue weighted by molar-refractivity contribution is 0.156. The molecule has 0 radical (unpaired) electrons. The van der Waals surface area contributed by atoms with Gasteiger partial charge in [-0.25, -0.2) is 4.79 Å². The summed E-state index contributed by atoms with van der Waals surface area (Å²) in [5.74, 6) is 0. The second kappa shape index (κ2) is 8.88. The van der Waals surface area contributed by atoms with Crippen LogP contribution in [0.2, 0.25) is 5.02 Å². The Labute approximate surface area is 160 Å². The molecule has 136 valence electrons. The van der Waals surface area contributed by atoms with Crippen LogP contribution in [0.4, 0.5) is 10.5 Å². The molecule has 1 heterocycles. The third-order valence-electron chi connectivity index (χ3n) is 4.56. The van der Waals surface area contributed by atoms with Crippen LogP contribution in [0.25, 0.3) is 6.08 Å². The number of rotatable bonds is 4. The molecule has 0 bridgehead atoms. The van der Waals surface area contributed by atoms with Gasteiger partial charge in [0, 0.05) is 43.4 Å². The monoisotopic (exact) mass is 369 g/mol. The van der Waals surface area contributed by atoms with E-state index in [2.05, 4.69) is 34.5 Å². The van der Waals surface area contributed by atoms with Crippen LogP contribution < -0.4 is 5.32 Å². The highest BCUT2D eigenvalue weighted by Gasteiger charge is 2.20. The molecule has 1 aliphatic heterocycles. The van der Waals surface area contributed by atoms with E-state index in [9.17, 15) is 4.79 Å². The van der Waals surface area contributed by atoms with Crippen molar-refractivity contribution in [1.82, 2.24) is 9.80 Å². The third kappa shape index (κ3) is 5.10. The van der Waals surface area contributed by atoms with Gasteiger partial charge in [0.2, 0.25) is 0 Å². The topological polar surface area (TPSA) is 35.6 Å². The normalized spacial score (nSPS) is 15.4. The second-order valence-corrected chi connectivity index (χ2v) is 6.90. The molecule has 1 N–H and O–H groups in total. The molecule has 5 heteroatoms. The number of benzene rings is 2. The minimum Gasteiger partial charge on any atom is -0.322 e. The maximum absolute atomic E-state index is 12.4. The lowest BCUT2D eigenvalue weighted by atomic mass is 10.2. The lowest BCUT2D eigenvalue weighted by Crippen LogP contribution is -2.49. The maximum Gasteiger partial charge on any atom is 0.321 e. The Bertz CT molecular complexity index is 768. The number of urea groups is 1. The fraction of sp³-hybridized carbons (Fsp3) is 0.286. The minimum absolute atomic E-state index is 0.0654. The van der Waals surface area contributed by atoms with Gasteiger partial charge in [-0.05, 0) is 30.2 Å². The SMILES string of the molecule is Cc1ccc(NC(=O)N2CCN(C/C=C/c3ccccc3)CC2)cc1Cl. The van der Waals surface area contributed by atoms with E-state index < -0.39 is 0 Å². The molecular weight excluding hydrogens is 346 g/mol. The molecule has 2 amide bonds. The van der Waals surface area contributed by atoms with Crippen molar-refractivity contribution in [1.29, 1.82) is 0 Å². The van der Waals surface area contributed by atoms with Crippen molar-refractivity contribution >= 4 is 29.4 Å². The number of carbonyl (C=O) groups is 1. The van der Waals surface area contributed by atoms with Crippen molar-refractivity contribution in [3.8, 4) is 0 Å². The average molecular weight is 370 g/mol. The molecule has 0 atom stereocenters. The smallest absolute Gasteiger partial charge is 0.321 e. The van der Waals surface area contributed by atoms with Gasteiger partial charge in [-0.2, -0.15) is 0 Å². The number of hydrogen-bond acceptors (Lipinski definition) is 2. The van der Waals surface area contributed by atoms with Gasteiger partial charge in [0.05, 0.1) is 0 Å². The lowest BCUT2D eigenvalue weighted by Gasteiger charge is -2.34. The van der Waals surface area contributed by atoms with Crippen molar-refractivity contribution in [2.45, 2.75) is 6.92 Å². The number of amides is 2. The predicted molar refractivity (Wildman–Crippen MR) is 109 cm³/mol. The number of nitrogens with one attached hydrogen (secondary N) is 1. The van der Waals surface area contributed by atoms with Gasteiger partial charge < -0.3 is 10.2 Å². The Kier molecular flexibility index (Phi) is 6.31. The van der Waals surface area contributed by atoms with Gasteiger partial charge in [0.25, 0.3) is 0 Å². The molecule has 1 fully saturated rings. The molecule has 1 saturated heterocycles. The Balaban J connectivity index is 1.44. The van der Waals surface area contributed by atoms with Crippen molar-refractivity contribution in [3.05, 3.63) is 70.8 Å². The zero-order chi connectivity index (χ0) is 18.4. The zero-order valence-corrected chi connectivity index (χ0v) is 15.7. The van der Waals surface area contributed by atoms with Crippen molar-refractivity contribution in [2.75, 3.05) is 38.0 Å². The Morgan fingerprint density at radius 3 is 2.54 bits per heavy atom. The van der Waals surface area contributed by atoms with E-state index in [0.717, 1.165) is 44.0 Å². The van der Waals surface area contributed by atoms with Gasteiger partial charge in [-0.3, -0.25) is 4.90 Å². The van der Waals surface area contributed by atoms with Gasteiger partial charge in [-0.15, -0.1) is 0 Å². The molecule has 2 aromatic carbocycles. The third-order valence-corrected chi connectivity index (χ3v) is 4.96. The number of nitrogens with zero attached hydrogens (tertiary/aromatic N) is 2. The first kappa shape index (κ1) is 18.5. The number of halogens is 1. The number of carbonyl (C=O) groups excluding carboxylic acids is 1. The summed E-state index contributed by atoms with van der Waals surface area (Å²) < 4.78 is 0. The summed E-state index contributed by atoms with van der Waals surface area (Å²) in [5.41, 5.74) is 2.95. The van der Waals surface area contributed by atoms with Crippen molar-refractivity contribution in [3.63, 3.8) is 0 Å². The fourth-order valence-corrected chi connectivity index (χ4v) is 3.09. The number of hydrogen-bond donors (Lipinski definition) is 1. The van der Waals surface area contributed by atoms with E-state index in [4.69, 9.17) is 11.6 Å². The number of aryl methyl sites for hydroxylation is 1. The number of piperazine rings is 1. The van der Waals surface area contributed by atoms with Gasteiger partial charge >= 0.3 is 6.03 Å². The fourth-order valence-electron chi connectivity index (χ4n) is 2.91. The van der Waals surface area contributed by atoms with Crippen LogP contribution in [0, 0.1) is 6.92 Å². The molecule has 0 unspecified atom stereocenters. The van der Waals surface area contributed by atoms with E-state index in [1.165, 1.54) is 5.56 Å². The van der Waals surface area contributed by atoms with Crippen LogP contribution in [-0.4, -0.2) is 48.6 Å². The Hall–Kier alpha value is -2.30. The second-order valence-electron chi connectivity index (χ2n) is 6.49. The van der Waals surface area contributed by atoms with Gasteiger partial charge in [0.15, 0.2) is 0 Å². The zero-order valence-electron chi connectivity index (χ0n) is 15.0. The molecule has 0 aliphatic carbocycles. The first-order chi connectivity index (χ1) is 12.6. The molecule has 2 aromatic rings. The molecule has 26 heavy (non-hydrogen) atoms. The van der Waals surface area contributed by atoms with E-state index in [0.29, 0.717) is 5.02 Å². The van der Waals surface area contributed by atoms with Crippen LogP contribution in [0.1, 0.15) is 11.1 Å². The highest BCUT2D eigenvalue weighted by molar-refractivity contribution is 6.31. The summed E-state index contributed by atoms with van der Waals surface area (Å²) in [7, 11) is 0. The highest BCUT2D eigenvalue weighted by Crippen LogP contribution is 2.20. The van der Waals surface area contributed by atoms with E-state index in [1.807, 2.05) is 42.2 Å². The molecular formula is C21H24ClN3O. The molecule has 1 aliphatic rings. The van der Waals surface area contributed by atoms with Crippen LogP contribution in [-0.2, 0) is 0 Å². The first-order valence-corrected chi connectivity index (χ1v) is 9.25. The van der Waals surface area contributed by atoms with Crippen LogP contribution in [0.3, 0.4) is 0 Å². The van der Waals surface area contributed by atoms with Crippen LogP contribution in [0.5, 0.6) is 0 Å². The summed E-state index contributed by atoms with van der Waals surface area (Å²) >= 11 is 6.12. The summed E-state index contributed by atoms with van der Waals surface area (Å²) in [6.45, 7) is 6.05. The Morgan fingerprint density at radius 1 is 1.12 bits per heavy atom. The van der Waals surface area contributed by atoms with Crippen LogP contribution in [0.15, 0.2) is 54.6 Å². The Morgan fingerprint density at radius 2 is 1.85 bits per heavy atom. The van der Waals surface area contributed by atoms with E-state index >= 15 is 0 Å². The van der Waals surface area contributed by atoms with E-state index in [-0.39, 0.29) is 6.03 Å². The van der Waals surface area contributed by atoms with Crippen molar-refractivity contribution < 1.29 is 4.79 Å². The van der Waals surface area contributed by atoms with E-state index in [1.54, 1.807) is 6.07 Å². The van der Waals surface area contributed by atoms with Crippen LogP contribution >= 0.6 is 11.6 Å². The summed E-state index contributed by atoms with van der Waals surface area (Å²) in [4.78, 5) is 16.6. The van der Waals surface area contributed by atoms with Gasteiger partial charge in [0.1, 0.15) is 0 Å². The molecule has 0 aromatic heterocycles. The highest BCUT2D eigenvalue weighted by atomic mass is 35.5. The predicted octanol–water partition coefficient (Wildman–Crippen LogP) is 4.51. The molecule has 3 rings (SSSR count). The summed E-state index contributed by atoms with van der Waals surface area (Å²) in [6.07, 6.45) is 4.32. The summed E-state index contributed by atoms with van der Waals surface area (Å²) in [6, 6.07) is 15.8.